The molecule has 0 heterocycles. The zero-order valence-corrected chi connectivity index (χ0v) is 12.7. The van der Waals surface area contributed by atoms with Crippen LogP contribution in [0.5, 0.6) is 11.5 Å². The van der Waals surface area contributed by atoms with Gasteiger partial charge in [0, 0.05) is 5.02 Å². The predicted octanol–water partition coefficient (Wildman–Crippen LogP) is 2.88. The lowest BCUT2D eigenvalue weighted by molar-refractivity contribution is -0.123. The quantitative estimate of drug-likeness (QED) is 0.658. The van der Waals surface area contributed by atoms with Gasteiger partial charge in [-0.3, -0.25) is 4.79 Å². The van der Waals surface area contributed by atoms with Crippen molar-refractivity contribution in [3.8, 4) is 11.5 Å². The van der Waals surface area contributed by atoms with Crippen molar-refractivity contribution in [2.75, 3.05) is 13.7 Å². The number of nitrogens with one attached hydrogen (secondary N) is 1. The minimum Gasteiger partial charge on any atom is -0.493 e. The highest BCUT2D eigenvalue weighted by atomic mass is 35.5. The van der Waals surface area contributed by atoms with E-state index in [0.29, 0.717) is 16.5 Å². The Bertz CT molecular complexity index is 657. The number of benzene rings is 2. The van der Waals surface area contributed by atoms with Crippen molar-refractivity contribution >= 4 is 23.7 Å². The molecule has 0 saturated heterocycles. The average molecular weight is 319 g/mol. The van der Waals surface area contributed by atoms with E-state index >= 15 is 0 Å². The molecule has 22 heavy (non-hydrogen) atoms. The Balaban J connectivity index is 1.82. The van der Waals surface area contributed by atoms with E-state index in [1.807, 2.05) is 6.07 Å². The first-order valence-electron chi connectivity index (χ1n) is 6.52. The van der Waals surface area contributed by atoms with E-state index in [1.54, 1.807) is 49.6 Å². The molecule has 0 aliphatic heterocycles. The third kappa shape index (κ3) is 4.79. The molecule has 0 radical (unpaired) electrons. The molecule has 2 aromatic carbocycles. The highest BCUT2D eigenvalue weighted by molar-refractivity contribution is 6.30. The second-order valence-electron chi connectivity index (χ2n) is 4.28. The number of para-hydroxylation sites is 2. The summed E-state index contributed by atoms with van der Waals surface area (Å²) in [4.78, 5) is 11.6. The molecule has 0 atom stereocenters. The highest BCUT2D eigenvalue weighted by Gasteiger charge is 2.05. The van der Waals surface area contributed by atoms with E-state index < -0.39 is 0 Å². The van der Waals surface area contributed by atoms with E-state index in [9.17, 15) is 4.79 Å². The Kier molecular flexibility index (Phi) is 5.80. The van der Waals surface area contributed by atoms with E-state index in [0.717, 1.165) is 5.56 Å². The van der Waals surface area contributed by atoms with Gasteiger partial charge in [0.1, 0.15) is 0 Å². The standard InChI is InChI=1S/C16H15ClN2O3/c1-21-14-4-2-3-5-15(14)22-11-16(20)19-18-10-12-6-8-13(17)9-7-12/h2-10H,11H2,1H3,(H,19,20)/b18-10-. The van der Waals surface area contributed by atoms with Crippen LogP contribution in [0.1, 0.15) is 5.56 Å². The normalized spacial score (nSPS) is 10.5. The van der Waals surface area contributed by atoms with Gasteiger partial charge in [-0.25, -0.2) is 5.43 Å². The Morgan fingerprint density at radius 3 is 2.55 bits per heavy atom. The Labute approximate surface area is 133 Å². The van der Waals surface area contributed by atoms with Gasteiger partial charge in [-0.05, 0) is 29.8 Å². The van der Waals surface area contributed by atoms with Gasteiger partial charge in [0.15, 0.2) is 18.1 Å². The molecular weight excluding hydrogens is 304 g/mol. The fourth-order valence-electron chi connectivity index (χ4n) is 1.64. The molecular formula is C16H15ClN2O3. The van der Waals surface area contributed by atoms with Gasteiger partial charge in [0.2, 0.25) is 0 Å². The summed E-state index contributed by atoms with van der Waals surface area (Å²) >= 11 is 5.78. The predicted molar refractivity (Wildman–Crippen MR) is 85.7 cm³/mol. The van der Waals surface area contributed by atoms with E-state index in [1.165, 1.54) is 6.21 Å². The Hall–Kier alpha value is -2.53. The number of halogens is 1. The molecule has 6 heteroatoms. The minimum atomic E-state index is -0.365. The number of hydrazone groups is 1. The molecule has 1 N–H and O–H groups in total. The number of nitrogens with zero attached hydrogens (tertiary/aromatic N) is 1. The fourth-order valence-corrected chi connectivity index (χ4v) is 1.77. The zero-order valence-electron chi connectivity index (χ0n) is 12.0. The molecule has 0 spiro atoms. The molecule has 114 valence electrons. The molecule has 5 nitrogen and oxygen atoms in total. The van der Waals surface area contributed by atoms with Crippen LogP contribution in [0.2, 0.25) is 5.02 Å². The van der Waals surface area contributed by atoms with Crippen molar-refractivity contribution in [3.05, 3.63) is 59.1 Å². The van der Waals surface area contributed by atoms with Crippen molar-refractivity contribution in [2.24, 2.45) is 5.10 Å². The molecule has 0 unspecified atom stereocenters. The van der Waals surface area contributed by atoms with Crippen LogP contribution >= 0.6 is 11.6 Å². The summed E-state index contributed by atoms with van der Waals surface area (Å²) in [6.45, 7) is -0.154. The van der Waals surface area contributed by atoms with Crippen LogP contribution < -0.4 is 14.9 Å². The average Bonchev–Trinajstić information content (AvgIpc) is 2.55. The summed E-state index contributed by atoms with van der Waals surface area (Å²) in [6, 6.07) is 14.2. The number of methoxy groups -OCH3 is 1. The number of rotatable bonds is 6. The first-order valence-corrected chi connectivity index (χ1v) is 6.90. The summed E-state index contributed by atoms with van der Waals surface area (Å²) in [5, 5.41) is 4.49. The van der Waals surface area contributed by atoms with Gasteiger partial charge in [-0.15, -0.1) is 0 Å². The summed E-state index contributed by atoms with van der Waals surface area (Å²) in [5.74, 6) is 0.706. The van der Waals surface area contributed by atoms with Crippen molar-refractivity contribution in [3.63, 3.8) is 0 Å². The number of carbonyl (C=O) groups excluding carboxylic acids is 1. The molecule has 0 saturated carbocycles. The van der Waals surface area contributed by atoms with Gasteiger partial charge in [-0.1, -0.05) is 35.9 Å². The monoisotopic (exact) mass is 318 g/mol. The summed E-state index contributed by atoms with van der Waals surface area (Å²) in [5.41, 5.74) is 3.21. The minimum absolute atomic E-state index is 0.154. The van der Waals surface area contributed by atoms with Gasteiger partial charge in [0.05, 0.1) is 13.3 Å². The fraction of sp³-hybridized carbons (Fsp3) is 0.125. The SMILES string of the molecule is COc1ccccc1OCC(=O)N/N=C\c1ccc(Cl)cc1. The van der Waals surface area contributed by atoms with Crippen LogP contribution in [0.4, 0.5) is 0 Å². The number of hydrogen-bond donors (Lipinski definition) is 1. The molecule has 0 aromatic heterocycles. The molecule has 2 rings (SSSR count). The Morgan fingerprint density at radius 2 is 1.86 bits per heavy atom. The maximum Gasteiger partial charge on any atom is 0.277 e. The molecule has 0 aliphatic carbocycles. The van der Waals surface area contributed by atoms with Crippen molar-refractivity contribution in [2.45, 2.75) is 0 Å². The molecule has 2 aromatic rings. The van der Waals surface area contributed by atoms with Crippen molar-refractivity contribution < 1.29 is 14.3 Å². The molecule has 0 aliphatic rings. The third-order valence-electron chi connectivity index (χ3n) is 2.70. The van der Waals surface area contributed by atoms with Crippen LogP contribution in [0.3, 0.4) is 0 Å². The number of hydrogen-bond acceptors (Lipinski definition) is 4. The number of carbonyl (C=O) groups is 1. The van der Waals surface area contributed by atoms with Crippen LogP contribution in [-0.4, -0.2) is 25.8 Å². The molecule has 0 bridgehead atoms. The first-order chi connectivity index (χ1) is 10.7. The van der Waals surface area contributed by atoms with Crippen molar-refractivity contribution in [1.82, 2.24) is 5.43 Å². The smallest absolute Gasteiger partial charge is 0.277 e. The Morgan fingerprint density at radius 1 is 1.18 bits per heavy atom. The van der Waals surface area contributed by atoms with E-state index in [2.05, 4.69) is 10.5 Å². The lowest BCUT2D eigenvalue weighted by Gasteiger charge is -2.09. The van der Waals surface area contributed by atoms with E-state index in [4.69, 9.17) is 21.1 Å². The van der Waals surface area contributed by atoms with Crippen molar-refractivity contribution in [1.29, 1.82) is 0 Å². The number of amides is 1. The zero-order chi connectivity index (χ0) is 15.8. The topological polar surface area (TPSA) is 59.9 Å². The second kappa shape index (κ2) is 8.05. The van der Waals surface area contributed by atoms with Crippen LogP contribution in [0.15, 0.2) is 53.6 Å². The van der Waals surface area contributed by atoms with E-state index in [-0.39, 0.29) is 12.5 Å². The summed E-state index contributed by atoms with van der Waals surface area (Å²) < 4.78 is 10.5. The lowest BCUT2D eigenvalue weighted by Crippen LogP contribution is -2.24. The third-order valence-corrected chi connectivity index (χ3v) is 2.95. The van der Waals surface area contributed by atoms with Crippen LogP contribution in [0.25, 0.3) is 0 Å². The maximum absolute atomic E-state index is 11.6. The largest absolute Gasteiger partial charge is 0.493 e. The first kappa shape index (κ1) is 15.9. The van der Waals surface area contributed by atoms with Crippen LogP contribution in [-0.2, 0) is 4.79 Å². The molecule has 0 fully saturated rings. The van der Waals surface area contributed by atoms with Crippen LogP contribution in [0, 0.1) is 0 Å². The van der Waals surface area contributed by atoms with Gasteiger partial charge in [0.25, 0.3) is 5.91 Å². The lowest BCUT2D eigenvalue weighted by atomic mass is 10.2. The summed E-state index contributed by atoms with van der Waals surface area (Å²) in [6.07, 6.45) is 1.53. The summed E-state index contributed by atoms with van der Waals surface area (Å²) in [7, 11) is 1.54. The maximum atomic E-state index is 11.6. The highest BCUT2D eigenvalue weighted by Crippen LogP contribution is 2.25. The number of ether oxygens (including phenoxy) is 2. The van der Waals surface area contributed by atoms with Gasteiger partial charge < -0.3 is 9.47 Å². The second-order valence-corrected chi connectivity index (χ2v) is 4.72. The van der Waals surface area contributed by atoms with Gasteiger partial charge in [-0.2, -0.15) is 5.10 Å². The molecule has 1 amide bonds. The van der Waals surface area contributed by atoms with Gasteiger partial charge >= 0.3 is 0 Å².